The molecule has 9 nitrogen and oxygen atoms in total. The van der Waals surface area contributed by atoms with Gasteiger partial charge in [0, 0.05) is 0 Å². The number of unbranched alkanes of at least 4 members (excludes halogenated alkanes) is 1. The van der Waals surface area contributed by atoms with Crippen LogP contribution in [0.15, 0.2) is 0 Å². The molecule has 0 fully saturated rings. The summed E-state index contributed by atoms with van der Waals surface area (Å²) in [7, 11) is -9.81. The molecule has 0 aromatic rings. The molecule has 0 saturated heterocycles. The van der Waals surface area contributed by atoms with Crippen LogP contribution in [0.2, 0.25) is 0 Å². The molecule has 0 saturated carbocycles. The van der Waals surface area contributed by atoms with Gasteiger partial charge in [-0.15, -0.1) is 0 Å². The van der Waals surface area contributed by atoms with Crippen LogP contribution in [0.4, 0.5) is 0 Å². The Bertz CT molecular complexity index is 248. The summed E-state index contributed by atoms with van der Waals surface area (Å²) in [4.78, 5) is 22.9. The van der Waals surface area contributed by atoms with Crippen LogP contribution in [0.1, 0.15) is 19.8 Å². The van der Waals surface area contributed by atoms with Crippen molar-refractivity contribution in [3.05, 3.63) is 0 Å². The summed E-state index contributed by atoms with van der Waals surface area (Å²) in [6.07, 6.45) is 2.39. The van der Waals surface area contributed by atoms with Gasteiger partial charge < -0.3 is 25.0 Å². The minimum Gasteiger partial charge on any atom is -0.756 e. The van der Waals surface area contributed by atoms with E-state index < -0.39 is 18.2 Å². The summed E-state index contributed by atoms with van der Waals surface area (Å²) >= 11 is 0. The van der Waals surface area contributed by atoms with Gasteiger partial charge in [0.25, 0.3) is 7.82 Å². The van der Waals surface area contributed by atoms with E-state index in [9.17, 15) is 0 Å². The molecule has 0 atom stereocenters. The Morgan fingerprint density at radius 1 is 1.29 bits per heavy atom. The molecule has 96 valence electrons. The maximum atomic E-state index is 8.77. The zero-order chi connectivity index (χ0) is 13.1. The van der Waals surface area contributed by atoms with Crippen molar-refractivity contribution < 1.29 is 140 Å². The summed E-state index contributed by atoms with van der Waals surface area (Å²) < 4.78 is 41.6. The fourth-order valence-corrected chi connectivity index (χ4v) is 0.204. The van der Waals surface area contributed by atoms with Crippen LogP contribution in [0, 0.1) is 0 Å². The Kier molecular flexibility index (Phi) is 36.4. The molecule has 13 heteroatoms. The van der Waals surface area contributed by atoms with Crippen LogP contribution >= 0.6 is 7.82 Å². The molecule has 0 radical (unpaired) electrons. The van der Waals surface area contributed by atoms with Crippen molar-refractivity contribution in [2.75, 3.05) is 6.54 Å². The Labute approximate surface area is 186 Å². The van der Waals surface area contributed by atoms with Crippen LogP contribution in [-0.2, 0) is 15.0 Å². The third-order valence-corrected chi connectivity index (χ3v) is 0.558. The topological polar surface area (TPSA) is 184 Å². The standard InChI is InChI=1S/C4H11N.2K.H3O4P.H2O4S/c1-2-3-4-5;;;2*1-5(2,3)4/h2-5H2,1H3;;;(H3,1,2,3,4);(H2,1,2,3,4)/q;2*+1;;/p-2. The van der Waals surface area contributed by atoms with Crippen LogP contribution < -0.4 is 113 Å². The predicted molar refractivity (Wildman–Crippen MR) is 48.3 cm³/mol. The van der Waals surface area contributed by atoms with Crippen molar-refractivity contribution in [1.82, 2.24) is 0 Å². The first-order valence-corrected chi connectivity index (χ1v) is 6.46. The maximum absolute atomic E-state index is 8.77. The van der Waals surface area contributed by atoms with E-state index in [0.29, 0.717) is 0 Å². The van der Waals surface area contributed by atoms with E-state index in [1.165, 1.54) is 12.8 Å². The van der Waals surface area contributed by atoms with Gasteiger partial charge in [-0.2, -0.15) is 0 Å². The van der Waals surface area contributed by atoms with Crippen molar-refractivity contribution in [2.24, 2.45) is 5.73 Å². The molecule has 0 aliphatic rings. The van der Waals surface area contributed by atoms with Crippen molar-refractivity contribution in [1.29, 1.82) is 0 Å². The molecule has 5 N–H and O–H groups in total. The Hall–Kier alpha value is 3.21. The van der Waals surface area contributed by atoms with Gasteiger partial charge >= 0.3 is 103 Å². The molecular formula is C4H14K2NO8PS. The van der Waals surface area contributed by atoms with Gasteiger partial charge in [0.15, 0.2) is 0 Å². The Morgan fingerprint density at radius 3 is 1.47 bits per heavy atom. The summed E-state index contributed by atoms with van der Waals surface area (Å²) in [5.41, 5.74) is 5.14. The molecule has 0 bridgehead atoms. The normalized spacial score (nSPS) is 9.35. The minimum absolute atomic E-state index is 0. The van der Waals surface area contributed by atoms with Gasteiger partial charge in [-0.05, 0) is 13.0 Å². The van der Waals surface area contributed by atoms with Gasteiger partial charge in [-0.25, -0.2) is 8.42 Å². The van der Waals surface area contributed by atoms with E-state index in [4.69, 9.17) is 42.5 Å². The minimum atomic E-state index is -4.92. The molecule has 0 aliphatic heterocycles. The average Bonchev–Trinajstić information content (AvgIpc) is 1.80. The second kappa shape index (κ2) is 19.2. The summed E-state index contributed by atoms with van der Waals surface area (Å²) in [5, 5.41) is 0. The van der Waals surface area contributed by atoms with Crippen LogP contribution in [0.3, 0.4) is 0 Å². The van der Waals surface area contributed by atoms with Crippen LogP contribution in [0.5, 0.6) is 0 Å². The maximum Gasteiger partial charge on any atom is 1.00 e. The quantitative estimate of drug-likeness (QED) is 0.163. The molecular weight excluding hydrogens is 331 g/mol. The van der Waals surface area contributed by atoms with E-state index in [-0.39, 0.29) is 103 Å². The summed E-state index contributed by atoms with van der Waals surface area (Å²) in [6.45, 7) is 2.98. The fourth-order valence-electron chi connectivity index (χ4n) is 0.204. The van der Waals surface area contributed by atoms with Crippen molar-refractivity contribution in [3.8, 4) is 0 Å². The zero-order valence-corrected chi connectivity index (χ0v) is 17.9. The van der Waals surface area contributed by atoms with E-state index in [2.05, 4.69) is 6.92 Å². The van der Waals surface area contributed by atoms with E-state index >= 15 is 0 Å². The van der Waals surface area contributed by atoms with Gasteiger partial charge in [0.1, 0.15) is 0 Å². The monoisotopic (exact) mass is 345 g/mol. The largest absolute Gasteiger partial charge is 1.00 e. The summed E-state index contributed by atoms with van der Waals surface area (Å²) in [5.74, 6) is 0. The predicted octanol–water partition coefficient (Wildman–Crippen LogP) is -7.80. The van der Waals surface area contributed by atoms with E-state index in [1.54, 1.807) is 0 Å². The van der Waals surface area contributed by atoms with Gasteiger partial charge in [-0.1, -0.05) is 13.3 Å². The molecule has 0 spiro atoms. The summed E-state index contributed by atoms with van der Waals surface area (Å²) in [6, 6.07) is 0. The first-order valence-electron chi connectivity index (χ1n) is 3.56. The SMILES string of the molecule is CCCCN.O=P([O-])(O)O.O=S(=O)([O-])O.[K+].[K+]. The van der Waals surface area contributed by atoms with Gasteiger partial charge in [0.2, 0.25) is 10.4 Å². The molecule has 0 rings (SSSR count). The van der Waals surface area contributed by atoms with Gasteiger partial charge in [0.05, 0.1) is 0 Å². The van der Waals surface area contributed by atoms with Crippen molar-refractivity contribution in [2.45, 2.75) is 19.8 Å². The van der Waals surface area contributed by atoms with Crippen molar-refractivity contribution >= 4 is 18.2 Å². The van der Waals surface area contributed by atoms with E-state index in [1.807, 2.05) is 0 Å². The Balaban J connectivity index is -0.0000000400. The van der Waals surface area contributed by atoms with Gasteiger partial charge in [-0.3, -0.25) is 9.12 Å². The zero-order valence-electron chi connectivity index (χ0n) is 9.94. The number of hydrogen-bond acceptors (Lipinski definition) is 6. The van der Waals surface area contributed by atoms with Crippen LogP contribution in [-0.4, -0.2) is 33.9 Å². The third kappa shape index (κ3) is 209. The van der Waals surface area contributed by atoms with E-state index in [0.717, 1.165) is 6.54 Å². The molecule has 0 aromatic heterocycles. The Morgan fingerprint density at radius 2 is 1.47 bits per heavy atom. The van der Waals surface area contributed by atoms with Crippen molar-refractivity contribution in [3.63, 3.8) is 0 Å². The number of rotatable bonds is 2. The number of hydrogen-bond donors (Lipinski definition) is 4. The second-order valence-electron chi connectivity index (χ2n) is 2.06. The molecule has 17 heavy (non-hydrogen) atoms. The molecule has 0 aliphatic carbocycles. The third-order valence-electron chi connectivity index (χ3n) is 0.558. The average molecular weight is 345 g/mol. The fraction of sp³-hybridized carbons (Fsp3) is 1.00. The number of nitrogens with two attached hydrogens (primary N) is 1. The molecule has 0 amide bonds. The first-order chi connectivity index (χ1) is 6.41. The smallest absolute Gasteiger partial charge is 0.756 e. The first kappa shape index (κ1) is 32.2. The van der Waals surface area contributed by atoms with Crippen LogP contribution in [0.25, 0.3) is 0 Å². The molecule has 0 unspecified atom stereocenters. The molecule has 0 aromatic carbocycles. The number of phosphoric acid groups is 1. The molecule has 0 heterocycles. The second-order valence-corrected chi connectivity index (χ2v) is 3.90.